The zero-order chi connectivity index (χ0) is 10.2. The van der Waals surface area contributed by atoms with Gasteiger partial charge in [0, 0.05) is 15.0 Å². The maximum Gasteiger partial charge on any atom is 0.285 e. The van der Waals surface area contributed by atoms with Crippen molar-refractivity contribution in [1.82, 2.24) is 0 Å². The second-order valence-electron chi connectivity index (χ2n) is 2.39. The van der Waals surface area contributed by atoms with Crippen LogP contribution in [-0.4, -0.2) is 4.92 Å². The van der Waals surface area contributed by atoms with Crippen LogP contribution >= 0.6 is 47.8 Å². The number of rotatable bonds is 1. The van der Waals surface area contributed by atoms with E-state index in [4.69, 9.17) is 0 Å². The van der Waals surface area contributed by atoms with Gasteiger partial charge in [0.05, 0.1) is 4.92 Å². The molecule has 13 heavy (non-hydrogen) atoms. The van der Waals surface area contributed by atoms with Gasteiger partial charge < -0.3 is 0 Å². The van der Waals surface area contributed by atoms with Gasteiger partial charge in [-0.1, -0.05) is 15.9 Å². The van der Waals surface area contributed by atoms with E-state index in [-0.39, 0.29) is 5.69 Å². The fraction of sp³-hybridized carbons (Fsp3) is 0.143. The molecule has 6 heteroatoms. The number of hydrogen-bond donors (Lipinski definition) is 0. The summed E-state index contributed by atoms with van der Waals surface area (Å²) in [5.41, 5.74) is 0.974. The fourth-order valence-corrected chi connectivity index (χ4v) is 2.46. The molecule has 1 rings (SSSR count). The second kappa shape index (κ2) is 4.06. The summed E-state index contributed by atoms with van der Waals surface area (Å²) in [4.78, 5) is 10.1. The van der Waals surface area contributed by atoms with Gasteiger partial charge in [0.25, 0.3) is 5.69 Å². The minimum absolute atomic E-state index is 0.0457. The molecule has 0 unspecified atom stereocenters. The third kappa shape index (κ3) is 2.11. The Bertz CT molecular complexity index is 378. The Morgan fingerprint density at radius 1 is 1.31 bits per heavy atom. The molecule has 0 bridgehead atoms. The first-order valence-corrected chi connectivity index (χ1v) is 5.61. The summed E-state index contributed by atoms with van der Waals surface area (Å²) in [6.07, 6.45) is 0. The number of nitrogens with zero attached hydrogens (tertiary/aromatic N) is 1. The van der Waals surface area contributed by atoms with Crippen molar-refractivity contribution in [1.29, 1.82) is 0 Å². The van der Waals surface area contributed by atoms with E-state index in [0.29, 0.717) is 13.4 Å². The van der Waals surface area contributed by atoms with Crippen molar-refractivity contribution < 1.29 is 4.92 Å². The number of nitro groups is 1. The summed E-state index contributed by atoms with van der Waals surface area (Å²) < 4.78 is 1.89. The molecule has 0 aliphatic carbocycles. The van der Waals surface area contributed by atoms with E-state index < -0.39 is 4.92 Å². The SMILES string of the molecule is Cc1c(Br)cc([N+](=O)[O-])c(Br)c1Br. The number of halogens is 3. The molecule has 0 aliphatic heterocycles. The molecule has 0 spiro atoms. The fourth-order valence-electron chi connectivity index (χ4n) is 0.806. The lowest BCUT2D eigenvalue weighted by Gasteiger charge is -2.04. The lowest BCUT2D eigenvalue weighted by molar-refractivity contribution is -0.385. The van der Waals surface area contributed by atoms with Crippen LogP contribution in [-0.2, 0) is 0 Å². The van der Waals surface area contributed by atoms with Crippen LogP contribution in [0.25, 0.3) is 0 Å². The average Bonchev–Trinajstić information content (AvgIpc) is 2.07. The van der Waals surface area contributed by atoms with E-state index in [9.17, 15) is 10.1 Å². The van der Waals surface area contributed by atoms with Crippen molar-refractivity contribution >= 4 is 53.5 Å². The summed E-state index contributed by atoms with van der Waals surface area (Å²) in [6, 6.07) is 1.48. The highest BCUT2D eigenvalue weighted by Gasteiger charge is 2.18. The van der Waals surface area contributed by atoms with Crippen LogP contribution in [0.2, 0.25) is 0 Å². The molecular formula is C7H4Br3NO2. The van der Waals surface area contributed by atoms with Crippen LogP contribution in [0.4, 0.5) is 5.69 Å². The highest BCUT2D eigenvalue weighted by atomic mass is 79.9. The third-order valence-electron chi connectivity index (χ3n) is 1.57. The monoisotopic (exact) mass is 371 g/mol. The van der Waals surface area contributed by atoms with Crippen molar-refractivity contribution in [2.75, 3.05) is 0 Å². The van der Waals surface area contributed by atoms with Gasteiger partial charge in [-0.25, -0.2) is 0 Å². The Morgan fingerprint density at radius 2 is 1.85 bits per heavy atom. The van der Waals surface area contributed by atoms with Gasteiger partial charge >= 0.3 is 0 Å². The third-order valence-corrected chi connectivity index (χ3v) is 4.71. The standard InChI is InChI=1S/C7H4Br3NO2/c1-3-4(8)2-5(11(12)13)7(10)6(3)9/h2H,1H3. The van der Waals surface area contributed by atoms with Crippen molar-refractivity contribution in [3.63, 3.8) is 0 Å². The molecule has 0 saturated carbocycles. The molecule has 0 aromatic heterocycles. The Hall–Kier alpha value is 0.0600. The van der Waals surface area contributed by atoms with Gasteiger partial charge in [-0.2, -0.15) is 0 Å². The quantitative estimate of drug-likeness (QED) is 0.421. The van der Waals surface area contributed by atoms with Crippen molar-refractivity contribution in [2.45, 2.75) is 6.92 Å². The molecule has 1 aromatic carbocycles. The van der Waals surface area contributed by atoms with Gasteiger partial charge in [0.2, 0.25) is 0 Å². The summed E-state index contributed by atoms with van der Waals surface area (Å²) in [6.45, 7) is 1.86. The molecule has 0 amide bonds. The molecule has 0 saturated heterocycles. The normalized spacial score (nSPS) is 10.2. The van der Waals surface area contributed by atoms with Gasteiger partial charge in [0.15, 0.2) is 0 Å². The van der Waals surface area contributed by atoms with E-state index in [0.717, 1.165) is 5.56 Å². The molecule has 3 nitrogen and oxygen atoms in total. The molecule has 0 aliphatic rings. The minimum atomic E-state index is -0.432. The number of benzene rings is 1. The topological polar surface area (TPSA) is 43.1 Å². The largest absolute Gasteiger partial charge is 0.285 e. The molecule has 0 N–H and O–H groups in total. The van der Waals surface area contributed by atoms with E-state index >= 15 is 0 Å². The first-order chi connectivity index (χ1) is 5.95. The highest BCUT2D eigenvalue weighted by Crippen LogP contribution is 2.38. The van der Waals surface area contributed by atoms with Crippen LogP contribution in [0.3, 0.4) is 0 Å². The van der Waals surface area contributed by atoms with Crippen molar-refractivity contribution in [3.8, 4) is 0 Å². The zero-order valence-electron chi connectivity index (χ0n) is 6.47. The van der Waals surface area contributed by atoms with Crippen LogP contribution in [0, 0.1) is 17.0 Å². The van der Waals surface area contributed by atoms with E-state index in [2.05, 4.69) is 47.8 Å². The van der Waals surface area contributed by atoms with Crippen LogP contribution < -0.4 is 0 Å². The Balaban J connectivity index is 3.50. The first kappa shape index (κ1) is 11.1. The zero-order valence-corrected chi connectivity index (χ0v) is 11.2. The van der Waals surface area contributed by atoms with E-state index in [1.165, 1.54) is 6.07 Å². The second-order valence-corrected chi connectivity index (χ2v) is 4.83. The molecule has 0 radical (unpaired) electrons. The predicted molar refractivity (Wildman–Crippen MR) is 60.9 cm³/mol. The lowest BCUT2D eigenvalue weighted by atomic mass is 10.2. The number of hydrogen-bond acceptors (Lipinski definition) is 2. The molecule has 70 valence electrons. The lowest BCUT2D eigenvalue weighted by Crippen LogP contribution is -1.92. The van der Waals surface area contributed by atoms with E-state index in [1.54, 1.807) is 0 Å². The predicted octanol–water partition coefficient (Wildman–Crippen LogP) is 4.19. The van der Waals surface area contributed by atoms with Crippen LogP contribution in [0.15, 0.2) is 19.5 Å². The van der Waals surface area contributed by atoms with Crippen molar-refractivity contribution in [2.24, 2.45) is 0 Å². The van der Waals surface area contributed by atoms with Gasteiger partial charge in [-0.05, 0) is 44.3 Å². The smallest absolute Gasteiger partial charge is 0.258 e. The molecule has 0 heterocycles. The Labute approximate surface area is 100 Å². The first-order valence-electron chi connectivity index (χ1n) is 3.23. The molecule has 0 atom stereocenters. The van der Waals surface area contributed by atoms with Crippen LogP contribution in [0.5, 0.6) is 0 Å². The van der Waals surface area contributed by atoms with Gasteiger partial charge in [0.1, 0.15) is 4.47 Å². The summed E-state index contributed by atoms with van der Waals surface area (Å²) in [5.74, 6) is 0. The number of nitro benzene ring substituents is 1. The van der Waals surface area contributed by atoms with Gasteiger partial charge in [-0.3, -0.25) is 10.1 Å². The molecule has 1 aromatic rings. The Kier molecular flexibility index (Phi) is 3.48. The maximum atomic E-state index is 10.6. The Morgan fingerprint density at radius 3 is 2.31 bits per heavy atom. The summed E-state index contributed by atoms with van der Waals surface area (Å²) >= 11 is 9.67. The minimum Gasteiger partial charge on any atom is -0.258 e. The van der Waals surface area contributed by atoms with Gasteiger partial charge in [-0.15, -0.1) is 0 Å². The van der Waals surface area contributed by atoms with Crippen molar-refractivity contribution in [3.05, 3.63) is 35.2 Å². The highest BCUT2D eigenvalue weighted by molar-refractivity contribution is 9.13. The van der Waals surface area contributed by atoms with Crippen LogP contribution in [0.1, 0.15) is 5.56 Å². The maximum absolute atomic E-state index is 10.6. The summed E-state index contributed by atoms with van der Waals surface area (Å²) in [7, 11) is 0. The molecular weight excluding hydrogens is 370 g/mol. The van der Waals surface area contributed by atoms with E-state index in [1.807, 2.05) is 6.92 Å². The summed E-state index contributed by atoms with van der Waals surface area (Å²) in [5, 5.41) is 10.6. The molecule has 0 fully saturated rings. The average molecular weight is 374 g/mol.